The van der Waals surface area contributed by atoms with Gasteiger partial charge in [-0.15, -0.1) is 0 Å². The maximum absolute atomic E-state index is 14.5. The van der Waals surface area contributed by atoms with E-state index in [1.165, 1.54) is 13.0 Å². The standard InChI is InChI=1S/C30H26FN5O5/c1-15(37)18-5-7-22-20(9-18)11-26(39)27(22)35-30(41)25-12-24(34-28-23(31)14-33-36(25)28)29(40)32-13-16-2-3-17-4-6-21(38)10-19(17)8-16/h2-3,5,7-9,12,14,26-27,39H,4,6,10-11,13H2,1H3,(H,32,40)(H,35,41)/t26-,27+/m0/s1. The van der Waals surface area contributed by atoms with E-state index < -0.39 is 29.8 Å². The first-order valence-corrected chi connectivity index (χ1v) is 13.3. The van der Waals surface area contributed by atoms with Crippen LogP contribution in [-0.2, 0) is 30.6 Å². The number of nitrogens with zero attached hydrogens (tertiary/aromatic N) is 3. The lowest BCUT2D eigenvalue weighted by Gasteiger charge is -2.18. The van der Waals surface area contributed by atoms with Crippen LogP contribution in [0.5, 0.6) is 0 Å². The zero-order valence-corrected chi connectivity index (χ0v) is 22.1. The molecule has 0 fully saturated rings. The molecule has 2 aromatic carbocycles. The van der Waals surface area contributed by atoms with Gasteiger partial charge in [0.15, 0.2) is 17.2 Å². The number of amides is 2. The number of aliphatic hydroxyl groups is 1. The molecule has 10 nitrogen and oxygen atoms in total. The Morgan fingerprint density at radius 1 is 1.05 bits per heavy atom. The quantitative estimate of drug-likeness (QED) is 0.310. The first kappa shape index (κ1) is 26.5. The lowest BCUT2D eigenvalue weighted by molar-refractivity contribution is -0.118. The molecule has 0 radical (unpaired) electrons. The molecule has 41 heavy (non-hydrogen) atoms. The van der Waals surface area contributed by atoms with Crippen LogP contribution in [0.1, 0.15) is 78.5 Å². The van der Waals surface area contributed by atoms with Crippen LogP contribution in [0.2, 0.25) is 0 Å². The number of benzene rings is 2. The largest absolute Gasteiger partial charge is 0.390 e. The number of aromatic nitrogens is 3. The van der Waals surface area contributed by atoms with Crippen molar-refractivity contribution in [1.29, 1.82) is 0 Å². The minimum Gasteiger partial charge on any atom is -0.390 e. The van der Waals surface area contributed by atoms with Crippen molar-refractivity contribution in [1.82, 2.24) is 25.2 Å². The van der Waals surface area contributed by atoms with Gasteiger partial charge in [-0.25, -0.2) is 13.9 Å². The Morgan fingerprint density at radius 2 is 1.88 bits per heavy atom. The van der Waals surface area contributed by atoms with Crippen LogP contribution in [0.4, 0.5) is 4.39 Å². The number of hydrogen-bond acceptors (Lipinski definition) is 7. The molecule has 4 aromatic rings. The average molecular weight is 556 g/mol. The molecule has 0 aliphatic heterocycles. The topological polar surface area (TPSA) is 143 Å². The number of carbonyl (C=O) groups excluding carboxylic acids is 4. The van der Waals surface area contributed by atoms with E-state index in [9.17, 15) is 28.7 Å². The number of hydrogen-bond donors (Lipinski definition) is 3. The normalized spacial score (nSPS) is 17.7. The van der Waals surface area contributed by atoms with Crippen LogP contribution in [0.3, 0.4) is 0 Å². The number of nitrogens with one attached hydrogen (secondary N) is 2. The van der Waals surface area contributed by atoms with Crippen molar-refractivity contribution in [3.8, 4) is 0 Å². The lowest BCUT2D eigenvalue weighted by Crippen LogP contribution is -2.35. The van der Waals surface area contributed by atoms with Crippen molar-refractivity contribution in [3.63, 3.8) is 0 Å². The number of halogens is 1. The lowest BCUT2D eigenvalue weighted by atomic mass is 9.89. The molecular formula is C30H26FN5O5. The molecule has 2 aliphatic carbocycles. The Hall–Kier alpha value is -4.77. The van der Waals surface area contributed by atoms with Gasteiger partial charge >= 0.3 is 0 Å². The third-order valence-corrected chi connectivity index (χ3v) is 7.66. The zero-order chi connectivity index (χ0) is 28.8. The second-order valence-corrected chi connectivity index (χ2v) is 10.4. The van der Waals surface area contributed by atoms with Crippen LogP contribution in [0.25, 0.3) is 5.65 Å². The summed E-state index contributed by atoms with van der Waals surface area (Å²) in [6.45, 7) is 1.59. The Morgan fingerprint density at radius 3 is 2.68 bits per heavy atom. The van der Waals surface area contributed by atoms with Crippen LogP contribution in [0, 0.1) is 5.82 Å². The van der Waals surface area contributed by atoms with Crippen molar-refractivity contribution in [2.45, 2.75) is 51.3 Å². The third kappa shape index (κ3) is 5.00. The van der Waals surface area contributed by atoms with Crippen molar-refractivity contribution in [3.05, 3.63) is 99.2 Å². The number of Topliss-reactive ketones (excluding diaryl/α,β-unsaturated/α-hetero) is 2. The monoisotopic (exact) mass is 555 g/mol. The van der Waals surface area contributed by atoms with Crippen molar-refractivity contribution in [2.24, 2.45) is 0 Å². The summed E-state index contributed by atoms with van der Waals surface area (Å²) in [4.78, 5) is 54.2. The van der Waals surface area contributed by atoms with E-state index in [0.717, 1.165) is 33.0 Å². The Labute approximate surface area is 233 Å². The Bertz CT molecular complexity index is 1760. The van der Waals surface area contributed by atoms with Gasteiger partial charge in [0, 0.05) is 37.4 Å². The molecule has 2 aliphatic rings. The van der Waals surface area contributed by atoms with E-state index in [0.29, 0.717) is 30.4 Å². The number of aryl methyl sites for hydroxylation is 1. The van der Waals surface area contributed by atoms with E-state index in [1.54, 1.807) is 18.2 Å². The van der Waals surface area contributed by atoms with E-state index in [-0.39, 0.29) is 41.6 Å². The first-order chi connectivity index (χ1) is 19.7. The summed E-state index contributed by atoms with van der Waals surface area (Å²) in [7, 11) is 0. The van der Waals surface area contributed by atoms with Crippen molar-refractivity contribution >= 4 is 29.0 Å². The molecule has 0 bridgehead atoms. The van der Waals surface area contributed by atoms with Gasteiger partial charge in [-0.1, -0.05) is 30.3 Å². The molecule has 3 N–H and O–H groups in total. The van der Waals surface area contributed by atoms with Gasteiger partial charge in [0.05, 0.1) is 18.3 Å². The second-order valence-electron chi connectivity index (χ2n) is 10.4. The van der Waals surface area contributed by atoms with Gasteiger partial charge in [-0.2, -0.15) is 5.10 Å². The SMILES string of the molecule is CC(=O)c1ccc2c(c1)C[C@H](O)[C@@H]2NC(=O)c1cc(C(=O)NCc2ccc3c(c2)CC(=O)CC3)nc2c(F)cnn12. The zero-order valence-electron chi connectivity index (χ0n) is 22.1. The van der Waals surface area contributed by atoms with Crippen LogP contribution in [-0.4, -0.2) is 49.2 Å². The van der Waals surface area contributed by atoms with Crippen LogP contribution >= 0.6 is 0 Å². The van der Waals surface area contributed by atoms with Gasteiger partial charge in [-0.3, -0.25) is 19.2 Å². The fourth-order valence-corrected chi connectivity index (χ4v) is 5.50. The number of aliphatic hydroxyl groups excluding tert-OH is 1. The highest BCUT2D eigenvalue weighted by molar-refractivity contribution is 5.98. The summed E-state index contributed by atoms with van der Waals surface area (Å²) in [6.07, 6.45) is 1.80. The predicted octanol–water partition coefficient (Wildman–Crippen LogP) is 2.45. The molecule has 0 unspecified atom stereocenters. The predicted molar refractivity (Wildman–Crippen MR) is 144 cm³/mol. The summed E-state index contributed by atoms with van der Waals surface area (Å²) < 4.78 is 15.5. The molecule has 6 rings (SSSR count). The van der Waals surface area contributed by atoms with Crippen LogP contribution in [0.15, 0.2) is 48.7 Å². The van der Waals surface area contributed by atoms with Gasteiger partial charge < -0.3 is 15.7 Å². The first-order valence-electron chi connectivity index (χ1n) is 13.3. The summed E-state index contributed by atoms with van der Waals surface area (Å²) in [5, 5.41) is 20.1. The summed E-state index contributed by atoms with van der Waals surface area (Å²) in [6, 6.07) is 11.2. The van der Waals surface area contributed by atoms with Crippen molar-refractivity contribution < 1.29 is 28.7 Å². The molecule has 208 valence electrons. The smallest absolute Gasteiger partial charge is 0.270 e. The molecule has 0 spiro atoms. The number of rotatable bonds is 6. The molecule has 2 amide bonds. The Kier molecular flexibility index (Phi) is 6.66. The van der Waals surface area contributed by atoms with Gasteiger partial charge in [-0.05, 0) is 47.2 Å². The fourth-order valence-electron chi connectivity index (χ4n) is 5.50. The van der Waals surface area contributed by atoms with Gasteiger partial charge in [0.2, 0.25) is 0 Å². The van der Waals surface area contributed by atoms with E-state index >= 15 is 0 Å². The molecule has 2 aromatic heterocycles. The number of ketones is 2. The van der Waals surface area contributed by atoms with Crippen LogP contribution < -0.4 is 10.6 Å². The Balaban J connectivity index is 1.24. The molecule has 2 heterocycles. The third-order valence-electron chi connectivity index (χ3n) is 7.66. The van der Waals surface area contributed by atoms with Gasteiger partial charge in [0.25, 0.3) is 11.8 Å². The fraction of sp³-hybridized carbons (Fsp3) is 0.267. The highest BCUT2D eigenvalue weighted by Gasteiger charge is 2.34. The maximum Gasteiger partial charge on any atom is 0.270 e. The molecule has 0 saturated heterocycles. The second kappa shape index (κ2) is 10.3. The van der Waals surface area contributed by atoms with Crippen molar-refractivity contribution in [2.75, 3.05) is 0 Å². The molecule has 11 heteroatoms. The number of carbonyl (C=O) groups is 4. The molecule has 0 saturated carbocycles. The number of fused-ring (bicyclic) bond motifs is 3. The minimum atomic E-state index is -0.947. The van der Waals surface area contributed by atoms with E-state index in [1.807, 2.05) is 18.2 Å². The highest BCUT2D eigenvalue weighted by Crippen LogP contribution is 2.32. The maximum atomic E-state index is 14.5. The summed E-state index contributed by atoms with van der Waals surface area (Å²) in [5.74, 6) is -2.06. The van der Waals surface area contributed by atoms with E-state index in [4.69, 9.17) is 0 Å². The molecule has 2 atom stereocenters. The van der Waals surface area contributed by atoms with E-state index in [2.05, 4.69) is 20.7 Å². The minimum absolute atomic E-state index is 0.109. The molecular weight excluding hydrogens is 529 g/mol. The summed E-state index contributed by atoms with van der Waals surface area (Å²) >= 11 is 0. The van der Waals surface area contributed by atoms with Gasteiger partial charge in [0.1, 0.15) is 17.2 Å². The average Bonchev–Trinajstić information content (AvgIpc) is 3.48. The summed E-state index contributed by atoms with van der Waals surface area (Å²) in [5.41, 5.74) is 4.15. The highest BCUT2D eigenvalue weighted by atomic mass is 19.1.